The Balaban J connectivity index is 1.50. The van der Waals surface area contributed by atoms with E-state index in [1.165, 1.54) is 19.5 Å². The number of nitrogen functional groups attached to an aromatic ring is 1. The highest BCUT2D eigenvalue weighted by atomic mass is 35.5. The van der Waals surface area contributed by atoms with Crippen LogP contribution < -0.4 is 15.8 Å². The Labute approximate surface area is 223 Å². The van der Waals surface area contributed by atoms with Gasteiger partial charge in [0.05, 0.1) is 34.8 Å². The summed E-state index contributed by atoms with van der Waals surface area (Å²) in [5.74, 6) is -0.224. The van der Waals surface area contributed by atoms with Gasteiger partial charge >= 0.3 is 0 Å². The first-order chi connectivity index (χ1) is 18.4. The van der Waals surface area contributed by atoms with Gasteiger partial charge in [-0.05, 0) is 50.1 Å². The first kappa shape index (κ1) is 24.4. The summed E-state index contributed by atoms with van der Waals surface area (Å²) in [4.78, 5) is 24.4. The van der Waals surface area contributed by atoms with Gasteiger partial charge in [-0.15, -0.1) is 0 Å². The molecular weight excluding hydrogens is 509 g/mol. The number of anilines is 2. The molecule has 2 aromatic carbocycles. The van der Waals surface area contributed by atoms with Gasteiger partial charge in [0.25, 0.3) is 5.91 Å². The maximum Gasteiger partial charge on any atom is 0.257 e. The van der Waals surface area contributed by atoms with E-state index >= 15 is 0 Å². The number of fused-ring (bicyclic) bond motifs is 2. The molecule has 0 radical (unpaired) electrons. The lowest BCUT2D eigenvalue weighted by atomic mass is 10.0. The van der Waals surface area contributed by atoms with Crippen LogP contribution in [0.4, 0.5) is 15.9 Å². The van der Waals surface area contributed by atoms with Crippen molar-refractivity contribution in [3.05, 3.63) is 59.1 Å². The highest BCUT2D eigenvalue weighted by Crippen LogP contribution is 2.40. The number of para-hydroxylation sites is 1. The van der Waals surface area contributed by atoms with Crippen LogP contribution in [0.1, 0.15) is 49.0 Å². The zero-order chi connectivity index (χ0) is 26.6. The van der Waals surface area contributed by atoms with Crippen molar-refractivity contribution in [3.8, 4) is 17.0 Å². The third kappa shape index (κ3) is 3.82. The van der Waals surface area contributed by atoms with Gasteiger partial charge in [0.15, 0.2) is 17.2 Å². The summed E-state index contributed by atoms with van der Waals surface area (Å²) < 4.78 is 21.5. The summed E-state index contributed by atoms with van der Waals surface area (Å²) in [6.07, 6.45) is 4.91. The summed E-state index contributed by atoms with van der Waals surface area (Å²) in [5, 5.41) is 9.40. The molecule has 0 saturated heterocycles. The zero-order valence-corrected chi connectivity index (χ0v) is 21.7. The van der Waals surface area contributed by atoms with Gasteiger partial charge in [-0.25, -0.2) is 19.0 Å². The lowest BCUT2D eigenvalue weighted by Gasteiger charge is -2.44. The molecule has 4 aromatic rings. The van der Waals surface area contributed by atoms with Gasteiger partial charge in [-0.3, -0.25) is 4.79 Å². The van der Waals surface area contributed by atoms with E-state index in [4.69, 9.17) is 27.2 Å². The minimum atomic E-state index is -0.519. The molecular formula is C27H27ClFN7O2. The van der Waals surface area contributed by atoms with Gasteiger partial charge in [0.2, 0.25) is 0 Å². The number of rotatable bonds is 5. The number of ether oxygens (including phenoxy) is 1. The molecule has 2 unspecified atom stereocenters. The summed E-state index contributed by atoms with van der Waals surface area (Å²) in [7, 11) is 1.41. The maximum atomic E-state index is 14.6. The van der Waals surface area contributed by atoms with E-state index in [0.29, 0.717) is 38.6 Å². The van der Waals surface area contributed by atoms with Crippen molar-refractivity contribution in [2.45, 2.75) is 50.9 Å². The number of amides is 1. The fraction of sp³-hybridized carbons (Fsp3) is 0.333. The van der Waals surface area contributed by atoms with Crippen LogP contribution in [-0.4, -0.2) is 49.9 Å². The van der Waals surface area contributed by atoms with Crippen LogP contribution in [0.15, 0.2) is 42.7 Å². The molecule has 2 aliphatic rings. The molecule has 1 fully saturated rings. The molecule has 0 bridgehead atoms. The Morgan fingerprint density at radius 3 is 2.74 bits per heavy atom. The van der Waals surface area contributed by atoms with E-state index in [0.717, 1.165) is 25.7 Å². The number of carbonyl (C=O) groups excluding carboxylic acids is 1. The second-order valence-corrected chi connectivity index (χ2v) is 10.2. The molecule has 1 saturated carbocycles. The lowest BCUT2D eigenvalue weighted by molar-refractivity contribution is 0.0518. The standard InChI is InChI=1S/C27H27ClFN7O2/c1-14(25-33-23-17(8-5-9-18(23)28)27(37)35(25)16-6-3-4-7-16)36-26-21(24(30)31-13-32-26)22(34-36)15-10-11-20(38-2)19(29)12-15/h5,8-14,16,25,33H,3-4,6-7H2,1-2H3,(H2,30,31,32). The Morgan fingerprint density at radius 1 is 1.21 bits per heavy atom. The first-order valence-corrected chi connectivity index (χ1v) is 13.0. The van der Waals surface area contributed by atoms with Crippen LogP contribution in [0, 0.1) is 5.82 Å². The molecule has 6 rings (SSSR count). The third-order valence-corrected chi connectivity index (χ3v) is 7.89. The predicted octanol–water partition coefficient (Wildman–Crippen LogP) is 5.27. The highest BCUT2D eigenvalue weighted by molar-refractivity contribution is 6.34. The molecule has 1 aliphatic heterocycles. The summed E-state index contributed by atoms with van der Waals surface area (Å²) in [6.45, 7) is 1.97. The van der Waals surface area contributed by atoms with Crippen molar-refractivity contribution in [2.24, 2.45) is 0 Å². The van der Waals surface area contributed by atoms with Gasteiger partial charge in [-0.1, -0.05) is 30.5 Å². The van der Waals surface area contributed by atoms with E-state index in [1.807, 2.05) is 11.8 Å². The fourth-order valence-electron chi connectivity index (χ4n) is 5.69. The second kappa shape index (κ2) is 9.43. The third-order valence-electron chi connectivity index (χ3n) is 7.57. The number of halogens is 2. The molecule has 11 heteroatoms. The van der Waals surface area contributed by atoms with Gasteiger partial charge in [0.1, 0.15) is 24.0 Å². The van der Waals surface area contributed by atoms with E-state index in [9.17, 15) is 9.18 Å². The largest absolute Gasteiger partial charge is 0.494 e. The number of hydrogen-bond acceptors (Lipinski definition) is 7. The maximum absolute atomic E-state index is 14.6. The number of aromatic nitrogens is 4. The van der Waals surface area contributed by atoms with Crippen LogP contribution >= 0.6 is 11.6 Å². The number of hydrogen-bond donors (Lipinski definition) is 2. The van der Waals surface area contributed by atoms with Crippen LogP contribution in [0.5, 0.6) is 5.75 Å². The molecule has 0 spiro atoms. The molecule has 2 aromatic heterocycles. The minimum absolute atomic E-state index is 0.0620. The van der Waals surface area contributed by atoms with Crippen molar-refractivity contribution in [1.82, 2.24) is 24.6 Å². The second-order valence-electron chi connectivity index (χ2n) is 9.74. The summed E-state index contributed by atoms with van der Waals surface area (Å²) in [6, 6.07) is 9.66. The summed E-state index contributed by atoms with van der Waals surface area (Å²) in [5.41, 5.74) is 8.89. The number of carbonyl (C=O) groups is 1. The van der Waals surface area contributed by atoms with E-state index in [1.54, 1.807) is 35.0 Å². The highest BCUT2D eigenvalue weighted by Gasteiger charge is 2.42. The SMILES string of the molecule is COc1ccc(-c2nn(C(C)C3Nc4c(Cl)cccc4C(=O)N3C3CCCC3)c3ncnc(N)c23)cc1F. The minimum Gasteiger partial charge on any atom is -0.494 e. The molecule has 1 amide bonds. The van der Waals surface area contributed by atoms with Crippen molar-refractivity contribution in [3.63, 3.8) is 0 Å². The van der Waals surface area contributed by atoms with E-state index in [-0.39, 0.29) is 23.5 Å². The molecule has 3 N–H and O–H groups in total. The zero-order valence-electron chi connectivity index (χ0n) is 21.0. The molecule has 1 aliphatic carbocycles. The molecule has 2 atom stereocenters. The Bertz CT molecular complexity index is 1550. The van der Waals surface area contributed by atoms with Crippen LogP contribution in [-0.2, 0) is 0 Å². The van der Waals surface area contributed by atoms with Crippen molar-refractivity contribution >= 4 is 40.0 Å². The first-order valence-electron chi connectivity index (χ1n) is 12.6. The molecule has 3 heterocycles. The average molecular weight is 536 g/mol. The van der Waals surface area contributed by atoms with Crippen molar-refractivity contribution < 1.29 is 13.9 Å². The number of methoxy groups -OCH3 is 1. The quantitative estimate of drug-likeness (QED) is 0.358. The van der Waals surface area contributed by atoms with Crippen molar-refractivity contribution in [2.75, 3.05) is 18.2 Å². The average Bonchev–Trinajstić information content (AvgIpc) is 3.58. The molecule has 196 valence electrons. The fourth-order valence-corrected chi connectivity index (χ4v) is 5.92. The van der Waals surface area contributed by atoms with Crippen LogP contribution in [0.25, 0.3) is 22.3 Å². The Morgan fingerprint density at radius 2 is 2.00 bits per heavy atom. The molecule has 9 nitrogen and oxygen atoms in total. The van der Waals surface area contributed by atoms with Gasteiger partial charge in [-0.2, -0.15) is 5.10 Å². The van der Waals surface area contributed by atoms with Crippen LogP contribution in [0.3, 0.4) is 0 Å². The van der Waals surface area contributed by atoms with Gasteiger partial charge < -0.3 is 20.7 Å². The predicted molar refractivity (Wildman–Crippen MR) is 144 cm³/mol. The number of nitrogens with zero attached hydrogens (tertiary/aromatic N) is 5. The Hall–Kier alpha value is -3.92. The van der Waals surface area contributed by atoms with E-state index < -0.39 is 18.0 Å². The lowest BCUT2D eigenvalue weighted by Crippen LogP contribution is -2.56. The topological polar surface area (TPSA) is 111 Å². The Kier molecular flexibility index (Phi) is 6.06. The van der Waals surface area contributed by atoms with E-state index in [2.05, 4.69) is 15.3 Å². The number of nitrogens with two attached hydrogens (primary N) is 1. The smallest absolute Gasteiger partial charge is 0.257 e. The molecule has 38 heavy (non-hydrogen) atoms. The normalized spacial score (nSPS) is 18.5. The number of benzene rings is 2. The monoisotopic (exact) mass is 535 g/mol. The van der Waals surface area contributed by atoms with Gasteiger partial charge in [0, 0.05) is 11.6 Å². The summed E-state index contributed by atoms with van der Waals surface area (Å²) >= 11 is 6.53. The van der Waals surface area contributed by atoms with Crippen LogP contribution in [0.2, 0.25) is 5.02 Å². The van der Waals surface area contributed by atoms with Crippen molar-refractivity contribution in [1.29, 1.82) is 0 Å². The number of nitrogens with one attached hydrogen (secondary N) is 1.